The number of hydrogen-bond donors (Lipinski definition) is 2. The number of hydrogen-bond acceptors (Lipinski definition) is 4. The van der Waals surface area contributed by atoms with Gasteiger partial charge in [-0.3, -0.25) is 9.80 Å². The van der Waals surface area contributed by atoms with E-state index in [9.17, 15) is 5.11 Å². The van der Waals surface area contributed by atoms with Crippen LogP contribution < -0.4 is 5.32 Å². The average molecular weight is 300 g/mol. The highest BCUT2D eigenvalue weighted by Gasteiger charge is 2.30. The zero-order chi connectivity index (χ0) is 16.0. The minimum atomic E-state index is -0.179. The molecule has 21 heavy (non-hydrogen) atoms. The standard InChI is InChI=1S/C17H37N3O/c1-7-15(4)19-8-10-20(11-9-19)16(5)12-17(6,13-21)18-14(2)3/h14-16,18,21H,7-13H2,1-6H3. The van der Waals surface area contributed by atoms with Crippen molar-refractivity contribution in [3.05, 3.63) is 0 Å². The second-order valence-electron chi connectivity index (χ2n) is 7.40. The summed E-state index contributed by atoms with van der Waals surface area (Å²) in [6, 6.07) is 1.61. The van der Waals surface area contributed by atoms with Gasteiger partial charge in [0.05, 0.1) is 6.61 Å². The lowest BCUT2D eigenvalue weighted by molar-refractivity contribution is 0.0545. The normalized spacial score (nSPS) is 24.0. The van der Waals surface area contributed by atoms with Crippen LogP contribution in [0.4, 0.5) is 0 Å². The highest BCUT2D eigenvalue weighted by atomic mass is 16.3. The molecule has 4 heteroatoms. The first-order valence-corrected chi connectivity index (χ1v) is 8.68. The first-order valence-electron chi connectivity index (χ1n) is 8.68. The van der Waals surface area contributed by atoms with Crippen molar-refractivity contribution < 1.29 is 5.11 Å². The molecule has 0 bridgehead atoms. The van der Waals surface area contributed by atoms with Gasteiger partial charge in [-0.15, -0.1) is 0 Å². The fraction of sp³-hybridized carbons (Fsp3) is 1.00. The summed E-state index contributed by atoms with van der Waals surface area (Å²) in [5, 5.41) is 13.3. The van der Waals surface area contributed by atoms with Crippen LogP contribution in [0.15, 0.2) is 0 Å². The predicted molar refractivity (Wildman–Crippen MR) is 90.7 cm³/mol. The quantitative estimate of drug-likeness (QED) is 0.718. The molecule has 0 aromatic heterocycles. The Kier molecular flexibility index (Phi) is 7.62. The lowest BCUT2D eigenvalue weighted by Gasteiger charge is -2.43. The van der Waals surface area contributed by atoms with E-state index in [1.165, 1.54) is 19.5 Å². The molecule has 1 heterocycles. The molecule has 3 atom stereocenters. The maximum absolute atomic E-state index is 9.74. The van der Waals surface area contributed by atoms with Crippen molar-refractivity contribution in [3.63, 3.8) is 0 Å². The molecular formula is C17H37N3O. The van der Waals surface area contributed by atoms with E-state index in [2.05, 4.69) is 56.7 Å². The molecule has 0 aromatic carbocycles. The van der Waals surface area contributed by atoms with Gasteiger partial charge in [0.15, 0.2) is 0 Å². The molecule has 1 fully saturated rings. The maximum Gasteiger partial charge on any atom is 0.0611 e. The number of aliphatic hydroxyl groups is 1. The fourth-order valence-electron chi connectivity index (χ4n) is 3.52. The molecule has 0 aromatic rings. The summed E-state index contributed by atoms with van der Waals surface area (Å²) in [7, 11) is 0. The van der Waals surface area contributed by atoms with Crippen molar-refractivity contribution in [1.29, 1.82) is 0 Å². The van der Waals surface area contributed by atoms with E-state index in [-0.39, 0.29) is 12.1 Å². The number of nitrogens with one attached hydrogen (secondary N) is 1. The third-order valence-electron chi connectivity index (χ3n) is 4.92. The van der Waals surface area contributed by atoms with Crippen LogP contribution in [0.3, 0.4) is 0 Å². The van der Waals surface area contributed by atoms with Crippen LogP contribution in [0.2, 0.25) is 0 Å². The van der Waals surface area contributed by atoms with Gasteiger partial charge in [-0.05, 0) is 33.6 Å². The third kappa shape index (κ3) is 5.85. The molecule has 1 saturated heterocycles. The number of rotatable bonds is 8. The topological polar surface area (TPSA) is 38.7 Å². The second kappa shape index (κ2) is 8.47. The minimum absolute atomic E-state index is 0.179. The van der Waals surface area contributed by atoms with Crippen molar-refractivity contribution in [2.24, 2.45) is 0 Å². The molecule has 3 unspecified atom stereocenters. The lowest BCUT2D eigenvalue weighted by Crippen LogP contribution is -2.56. The van der Waals surface area contributed by atoms with Gasteiger partial charge in [0.1, 0.15) is 0 Å². The van der Waals surface area contributed by atoms with Crippen LogP contribution in [0.1, 0.15) is 54.4 Å². The molecule has 0 spiro atoms. The Morgan fingerprint density at radius 2 is 1.48 bits per heavy atom. The van der Waals surface area contributed by atoms with E-state index in [1.54, 1.807) is 0 Å². The second-order valence-corrected chi connectivity index (χ2v) is 7.40. The van der Waals surface area contributed by atoms with E-state index < -0.39 is 0 Å². The van der Waals surface area contributed by atoms with Gasteiger partial charge in [-0.1, -0.05) is 20.8 Å². The van der Waals surface area contributed by atoms with E-state index in [1.807, 2.05) is 0 Å². The number of piperazine rings is 1. The highest BCUT2D eigenvalue weighted by molar-refractivity contribution is 4.89. The summed E-state index contributed by atoms with van der Waals surface area (Å²) in [5.74, 6) is 0. The number of nitrogens with zero attached hydrogens (tertiary/aromatic N) is 2. The molecule has 126 valence electrons. The Hall–Kier alpha value is -0.160. The molecule has 1 rings (SSSR count). The van der Waals surface area contributed by atoms with E-state index >= 15 is 0 Å². The third-order valence-corrected chi connectivity index (χ3v) is 4.92. The molecular weight excluding hydrogens is 262 g/mol. The summed E-state index contributed by atoms with van der Waals surface area (Å²) in [6.45, 7) is 18.2. The van der Waals surface area contributed by atoms with Crippen molar-refractivity contribution in [2.75, 3.05) is 32.8 Å². The van der Waals surface area contributed by atoms with Crippen LogP contribution in [0, 0.1) is 0 Å². The van der Waals surface area contributed by atoms with Crippen LogP contribution in [-0.4, -0.2) is 71.4 Å². The summed E-state index contributed by atoms with van der Waals surface area (Å²) in [4.78, 5) is 5.18. The fourth-order valence-corrected chi connectivity index (χ4v) is 3.52. The molecule has 2 N–H and O–H groups in total. The summed E-state index contributed by atoms with van der Waals surface area (Å²) in [5.41, 5.74) is -0.179. The van der Waals surface area contributed by atoms with Gasteiger partial charge in [0.2, 0.25) is 0 Å². The SMILES string of the molecule is CCC(C)N1CCN(C(C)CC(C)(CO)NC(C)C)CC1. The molecule has 0 radical (unpaired) electrons. The van der Waals surface area contributed by atoms with Crippen molar-refractivity contribution >= 4 is 0 Å². The highest BCUT2D eigenvalue weighted by Crippen LogP contribution is 2.19. The first-order chi connectivity index (χ1) is 9.81. The van der Waals surface area contributed by atoms with Crippen molar-refractivity contribution in [2.45, 2.75) is 78.0 Å². The van der Waals surface area contributed by atoms with Crippen LogP contribution in [0.5, 0.6) is 0 Å². The smallest absolute Gasteiger partial charge is 0.0611 e. The van der Waals surface area contributed by atoms with Gasteiger partial charge >= 0.3 is 0 Å². The van der Waals surface area contributed by atoms with Gasteiger partial charge in [0.25, 0.3) is 0 Å². The van der Waals surface area contributed by atoms with Gasteiger partial charge in [-0.2, -0.15) is 0 Å². The molecule has 1 aliphatic rings. The Bertz CT molecular complexity index is 290. The average Bonchev–Trinajstić information content (AvgIpc) is 2.45. The van der Waals surface area contributed by atoms with Crippen LogP contribution >= 0.6 is 0 Å². The number of aliphatic hydroxyl groups excluding tert-OH is 1. The zero-order valence-electron chi connectivity index (χ0n) is 15.0. The van der Waals surface area contributed by atoms with Gasteiger partial charge in [0, 0.05) is 49.8 Å². The van der Waals surface area contributed by atoms with Crippen molar-refractivity contribution in [1.82, 2.24) is 15.1 Å². The Morgan fingerprint density at radius 3 is 1.86 bits per heavy atom. The summed E-state index contributed by atoms with van der Waals surface area (Å²) >= 11 is 0. The molecule has 0 amide bonds. The summed E-state index contributed by atoms with van der Waals surface area (Å²) < 4.78 is 0. The maximum atomic E-state index is 9.74. The van der Waals surface area contributed by atoms with Gasteiger partial charge in [-0.25, -0.2) is 0 Å². The predicted octanol–water partition coefficient (Wildman–Crippen LogP) is 1.93. The summed E-state index contributed by atoms with van der Waals surface area (Å²) in [6.07, 6.45) is 2.22. The lowest BCUT2D eigenvalue weighted by atomic mass is 9.92. The van der Waals surface area contributed by atoms with E-state index in [0.29, 0.717) is 18.1 Å². The Labute approximate surface area is 131 Å². The van der Waals surface area contributed by atoms with E-state index in [0.717, 1.165) is 19.5 Å². The Morgan fingerprint density at radius 1 is 1.00 bits per heavy atom. The van der Waals surface area contributed by atoms with Gasteiger partial charge < -0.3 is 10.4 Å². The Balaban J connectivity index is 2.47. The van der Waals surface area contributed by atoms with E-state index in [4.69, 9.17) is 0 Å². The van der Waals surface area contributed by atoms with Crippen LogP contribution in [0.25, 0.3) is 0 Å². The van der Waals surface area contributed by atoms with Crippen molar-refractivity contribution in [3.8, 4) is 0 Å². The largest absolute Gasteiger partial charge is 0.394 e. The molecule has 0 saturated carbocycles. The molecule has 1 aliphatic heterocycles. The zero-order valence-corrected chi connectivity index (χ0v) is 15.0. The minimum Gasteiger partial charge on any atom is -0.394 e. The first kappa shape index (κ1) is 18.9. The molecule has 0 aliphatic carbocycles. The molecule has 4 nitrogen and oxygen atoms in total. The van der Waals surface area contributed by atoms with Crippen LogP contribution in [-0.2, 0) is 0 Å². The monoisotopic (exact) mass is 299 g/mol.